The van der Waals surface area contributed by atoms with Crippen molar-refractivity contribution in [1.29, 1.82) is 0 Å². The third kappa shape index (κ3) is 5.97. The Bertz CT molecular complexity index is 495. The first-order valence-corrected chi connectivity index (χ1v) is 10.00. The third-order valence-corrected chi connectivity index (χ3v) is 5.60. The van der Waals surface area contributed by atoms with E-state index in [1.165, 1.54) is 19.3 Å². The van der Waals surface area contributed by atoms with Crippen LogP contribution in [0.15, 0.2) is 0 Å². The van der Waals surface area contributed by atoms with Crippen LogP contribution in [0.25, 0.3) is 0 Å². The second-order valence-electron chi connectivity index (χ2n) is 7.99. The summed E-state index contributed by atoms with van der Waals surface area (Å²) in [6.45, 7) is 4.84. The second kappa shape index (κ2) is 9.90. The molecular weight excluding hydrogens is 332 g/mol. The van der Waals surface area contributed by atoms with Gasteiger partial charge >= 0.3 is 0 Å². The molecule has 148 valence electrons. The van der Waals surface area contributed by atoms with Gasteiger partial charge in [0.1, 0.15) is 0 Å². The van der Waals surface area contributed by atoms with Gasteiger partial charge in [-0.1, -0.05) is 33.1 Å². The van der Waals surface area contributed by atoms with Crippen LogP contribution in [0.4, 0.5) is 0 Å². The Morgan fingerprint density at radius 3 is 2.23 bits per heavy atom. The standard InChI is InChI=1S/C19H34N4O3/c1-13(2)17(20)19(26)21-12-16(24)23-10-8-14(9-11-23)18(25)22-15-6-4-3-5-7-15/h13-15,17H,3-12,20H2,1-2H3,(H,21,26)(H,22,25)/t17-/m0/s1. The Hall–Kier alpha value is -1.63. The zero-order chi connectivity index (χ0) is 19.1. The van der Waals surface area contributed by atoms with Gasteiger partial charge in [0, 0.05) is 25.0 Å². The van der Waals surface area contributed by atoms with E-state index in [9.17, 15) is 14.4 Å². The summed E-state index contributed by atoms with van der Waals surface area (Å²) in [5, 5.41) is 5.80. The van der Waals surface area contributed by atoms with Gasteiger partial charge in [-0.25, -0.2) is 0 Å². The fraction of sp³-hybridized carbons (Fsp3) is 0.842. The van der Waals surface area contributed by atoms with Gasteiger partial charge in [0.05, 0.1) is 12.6 Å². The lowest BCUT2D eigenvalue weighted by Gasteiger charge is -2.33. The SMILES string of the molecule is CC(C)[C@H](N)C(=O)NCC(=O)N1CCC(C(=O)NC2CCCCC2)CC1. The lowest BCUT2D eigenvalue weighted by Crippen LogP contribution is -2.50. The summed E-state index contributed by atoms with van der Waals surface area (Å²) in [4.78, 5) is 38.2. The maximum absolute atomic E-state index is 12.4. The predicted molar refractivity (Wildman–Crippen MR) is 100 cm³/mol. The average Bonchev–Trinajstić information content (AvgIpc) is 2.66. The van der Waals surface area contributed by atoms with Crippen LogP contribution in [0.1, 0.15) is 58.8 Å². The Morgan fingerprint density at radius 2 is 1.65 bits per heavy atom. The summed E-state index contributed by atoms with van der Waals surface area (Å²) in [5.74, 6) is -0.246. The predicted octanol–water partition coefficient (Wildman–Crippen LogP) is 0.773. The number of nitrogens with one attached hydrogen (secondary N) is 2. The van der Waals surface area contributed by atoms with Gasteiger partial charge in [-0.15, -0.1) is 0 Å². The highest BCUT2D eigenvalue weighted by Gasteiger charge is 2.29. The van der Waals surface area contributed by atoms with Crippen molar-refractivity contribution in [3.8, 4) is 0 Å². The van der Waals surface area contributed by atoms with Crippen molar-refractivity contribution in [3.05, 3.63) is 0 Å². The van der Waals surface area contributed by atoms with Crippen molar-refractivity contribution in [3.63, 3.8) is 0 Å². The van der Waals surface area contributed by atoms with Crippen LogP contribution >= 0.6 is 0 Å². The molecule has 0 radical (unpaired) electrons. The van der Waals surface area contributed by atoms with Crippen LogP contribution in [0.3, 0.4) is 0 Å². The molecule has 0 spiro atoms. The molecule has 2 fully saturated rings. The molecule has 2 aliphatic rings. The lowest BCUT2D eigenvalue weighted by atomic mass is 9.92. The maximum Gasteiger partial charge on any atom is 0.241 e. The molecule has 2 rings (SSSR count). The first-order chi connectivity index (χ1) is 12.4. The van der Waals surface area contributed by atoms with E-state index >= 15 is 0 Å². The smallest absolute Gasteiger partial charge is 0.241 e. The molecule has 1 atom stereocenters. The summed E-state index contributed by atoms with van der Waals surface area (Å²) in [5.41, 5.74) is 5.77. The number of nitrogens with two attached hydrogens (primary N) is 1. The van der Waals surface area contributed by atoms with Crippen LogP contribution in [0, 0.1) is 11.8 Å². The zero-order valence-electron chi connectivity index (χ0n) is 16.1. The molecule has 0 aromatic heterocycles. The molecule has 0 aromatic carbocycles. The second-order valence-corrected chi connectivity index (χ2v) is 7.99. The topological polar surface area (TPSA) is 105 Å². The van der Waals surface area contributed by atoms with Gasteiger partial charge in [-0.05, 0) is 31.6 Å². The number of amides is 3. The summed E-state index contributed by atoms with van der Waals surface area (Å²) < 4.78 is 0. The molecule has 1 saturated heterocycles. The maximum atomic E-state index is 12.4. The van der Waals surface area contributed by atoms with Crippen molar-refractivity contribution < 1.29 is 14.4 Å². The minimum absolute atomic E-state index is 0.00932. The summed E-state index contributed by atoms with van der Waals surface area (Å²) in [6.07, 6.45) is 7.20. The van der Waals surface area contributed by atoms with Crippen LogP contribution < -0.4 is 16.4 Å². The molecule has 1 saturated carbocycles. The van der Waals surface area contributed by atoms with Gasteiger partial charge < -0.3 is 21.3 Å². The molecular formula is C19H34N4O3. The number of piperidine rings is 1. The number of carbonyl (C=O) groups is 3. The van der Waals surface area contributed by atoms with E-state index in [-0.39, 0.29) is 36.1 Å². The molecule has 3 amide bonds. The Morgan fingerprint density at radius 1 is 1.04 bits per heavy atom. The van der Waals surface area contributed by atoms with E-state index < -0.39 is 6.04 Å². The van der Waals surface area contributed by atoms with E-state index in [4.69, 9.17) is 5.73 Å². The van der Waals surface area contributed by atoms with E-state index in [1.54, 1.807) is 4.90 Å². The number of nitrogens with zero attached hydrogens (tertiary/aromatic N) is 1. The molecule has 0 aromatic rings. The third-order valence-electron chi connectivity index (χ3n) is 5.60. The van der Waals surface area contributed by atoms with Gasteiger partial charge in [0.15, 0.2) is 0 Å². The summed E-state index contributed by atoms with van der Waals surface area (Å²) in [6, 6.07) is -0.270. The van der Waals surface area contributed by atoms with Crippen molar-refractivity contribution >= 4 is 17.7 Å². The average molecular weight is 367 g/mol. The van der Waals surface area contributed by atoms with E-state index in [2.05, 4.69) is 10.6 Å². The summed E-state index contributed by atoms with van der Waals surface area (Å²) in [7, 11) is 0. The quantitative estimate of drug-likeness (QED) is 0.646. The van der Waals surface area contributed by atoms with Crippen LogP contribution in [0.5, 0.6) is 0 Å². The minimum atomic E-state index is -0.600. The number of rotatable bonds is 6. The van der Waals surface area contributed by atoms with Crippen LogP contribution in [-0.4, -0.2) is 54.3 Å². The first kappa shape index (κ1) is 20.7. The van der Waals surface area contributed by atoms with E-state index in [1.807, 2.05) is 13.8 Å². The molecule has 7 nitrogen and oxygen atoms in total. The highest BCUT2D eigenvalue weighted by molar-refractivity contribution is 5.87. The zero-order valence-corrected chi connectivity index (χ0v) is 16.1. The van der Waals surface area contributed by atoms with Gasteiger partial charge in [-0.2, -0.15) is 0 Å². The number of hydrogen-bond donors (Lipinski definition) is 3. The Labute approximate surface area is 156 Å². The van der Waals surface area contributed by atoms with Crippen molar-refractivity contribution in [2.24, 2.45) is 17.6 Å². The van der Waals surface area contributed by atoms with Crippen molar-refractivity contribution in [1.82, 2.24) is 15.5 Å². The highest BCUT2D eigenvalue weighted by Crippen LogP contribution is 2.21. The van der Waals surface area contributed by atoms with Crippen molar-refractivity contribution in [2.45, 2.75) is 70.9 Å². The van der Waals surface area contributed by atoms with Gasteiger partial charge in [0.2, 0.25) is 17.7 Å². The first-order valence-electron chi connectivity index (χ1n) is 10.00. The number of hydrogen-bond acceptors (Lipinski definition) is 4. The molecule has 1 aliphatic carbocycles. The molecule has 1 heterocycles. The van der Waals surface area contributed by atoms with Gasteiger partial charge in [-0.3, -0.25) is 14.4 Å². The van der Waals surface area contributed by atoms with Crippen LogP contribution in [0.2, 0.25) is 0 Å². The molecule has 0 unspecified atom stereocenters. The van der Waals surface area contributed by atoms with E-state index in [0.29, 0.717) is 32.0 Å². The van der Waals surface area contributed by atoms with Crippen LogP contribution in [-0.2, 0) is 14.4 Å². The van der Waals surface area contributed by atoms with Crippen molar-refractivity contribution in [2.75, 3.05) is 19.6 Å². The molecule has 26 heavy (non-hydrogen) atoms. The number of likely N-dealkylation sites (tertiary alicyclic amines) is 1. The lowest BCUT2D eigenvalue weighted by molar-refractivity contribution is -0.136. The normalized spacial score (nSPS) is 20.7. The fourth-order valence-electron chi connectivity index (χ4n) is 3.65. The largest absolute Gasteiger partial charge is 0.353 e. The Kier molecular flexibility index (Phi) is 7.87. The highest BCUT2D eigenvalue weighted by atomic mass is 16.2. The minimum Gasteiger partial charge on any atom is -0.353 e. The molecule has 0 bridgehead atoms. The monoisotopic (exact) mass is 366 g/mol. The summed E-state index contributed by atoms with van der Waals surface area (Å²) >= 11 is 0. The molecule has 1 aliphatic heterocycles. The Balaban J connectivity index is 1.69. The van der Waals surface area contributed by atoms with E-state index in [0.717, 1.165) is 12.8 Å². The molecule has 7 heteroatoms. The number of carbonyl (C=O) groups excluding carboxylic acids is 3. The van der Waals surface area contributed by atoms with Gasteiger partial charge in [0.25, 0.3) is 0 Å². The fourth-order valence-corrected chi connectivity index (χ4v) is 3.65. The molecule has 4 N–H and O–H groups in total.